The summed E-state index contributed by atoms with van der Waals surface area (Å²) >= 11 is 0. The first-order valence-corrected chi connectivity index (χ1v) is 13.0. The molecule has 174 valence electrons. The summed E-state index contributed by atoms with van der Waals surface area (Å²) in [5.74, 6) is 0. The molecule has 0 radical (unpaired) electrons. The van der Waals surface area contributed by atoms with Gasteiger partial charge in [0.1, 0.15) is 0 Å². The molecular formula is C26H49N3O. The third-order valence-corrected chi connectivity index (χ3v) is 5.86. The maximum atomic E-state index is 11.7. The number of aryl methyl sites for hydroxylation is 1. The molecule has 0 aromatic carbocycles. The monoisotopic (exact) mass is 419 g/mol. The molecule has 2 amide bonds. The molecule has 0 atom stereocenters. The van der Waals surface area contributed by atoms with Gasteiger partial charge in [-0.15, -0.1) is 0 Å². The Morgan fingerprint density at radius 3 is 1.47 bits per heavy atom. The van der Waals surface area contributed by atoms with Crippen LogP contribution in [0, 0.1) is 0 Å². The second-order valence-corrected chi connectivity index (χ2v) is 8.76. The molecule has 1 heterocycles. The lowest BCUT2D eigenvalue weighted by atomic mass is 10.0. The zero-order valence-corrected chi connectivity index (χ0v) is 19.8. The van der Waals surface area contributed by atoms with Gasteiger partial charge in [-0.3, -0.25) is 0 Å². The highest BCUT2D eigenvalue weighted by atomic mass is 16.2. The van der Waals surface area contributed by atoms with E-state index in [0.717, 1.165) is 32.5 Å². The quantitative estimate of drug-likeness (QED) is 0.200. The Bertz CT molecular complexity index is 473. The molecule has 0 spiro atoms. The summed E-state index contributed by atoms with van der Waals surface area (Å²) in [6, 6.07) is 4.03. The number of hydrogen-bond donors (Lipinski definition) is 2. The minimum absolute atomic E-state index is 0.0246. The first-order valence-electron chi connectivity index (χ1n) is 13.0. The molecule has 30 heavy (non-hydrogen) atoms. The van der Waals surface area contributed by atoms with E-state index in [0.29, 0.717) is 0 Å². The van der Waals surface area contributed by atoms with Crippen LogP contribution in [0.15, 0.2) is 24.5 Å². The summed E-state index contributed by atoms with van der Waals surface area (Å²) in [7, 11) is 0. The summed E-state index contributed by atoms with van der Waals surface area (Å²) in [4.78, 5) is 11.7. The summed E-state index contributed by atoms with van der Waals surface area (Å²) in [5.41, 5.74) is 0. The fourth-order valence-electron chi connectivity index (χ4n) is 3.92. The lowest BCUT2D eigenvalue weighted by Gasteiger charge is -2.08. The van der Waals surface area contributed by atoms with Gasteiger partial charge in [-0.2, -0.15) is 0 Å². The van der Waals surface area contributed by atoms with Gasteiger partial charge >= 0.3 is 6.03 Å². The molecule has 0 saturated heterocycles. The molecule has 0 fully saturated rings. The maximum Gasteiger partial charge on any atom is 0.314 e. The zero-order valence-electron chi connectivity index (χ0n) is 19.8. The van der Waals surface area contributed by atoms with E-state index in [1.807, 2.05) is 12.1 Å². The summed E-state index contributed by atoms with van der Waals surface area (Å²) < 4.78 is 2.13. The van der Waals surface area contributed by atoms with Gasteiger partial charge in [0.05, 0.1) is 0 Å². The Balaban J connectivity index is 1.70. The first-order chi connectivity index (χ1) is 14.8. The maximum absolute atomic E-state index is 11.7. The van der Waals surface area contributed by atoms with E-state index in [2.05, 4.69) is 34.5 Å². The molecule has 0 saturated carbocycles. The van der Waals surface area contributed by atoms with Crippen LogP contribution in [0.25, 0.3) is 0 Å². The third-order valence-electron chi connectivity index (χ3n) is 5.86. The number of unbranched alkanes of at least 4 members (excludes halogenated alkanes) is 15. The predicted octanol–water partition coefficient (Wildman–Crippen LogP) is 7.44. The number of aromatic nitrogens is 1. The van der Waals surface area contributed by atoms with E-state index in [1.54, 1.807) is 0 Å². The molecule has 0 unspecified atom stereocenters. The molecule has 2 N–H and O–H groups in total. The van der Waals surface area contributed by atoms with Crippen LogP contribution < -0.4 is 10.6 Å². The third kappa shape index (κ3) is 17.4. The summed E-state index contributed by atoms with van der Waals surface area (Å²) in [5, 5.41) is 5.91. The molecule has 0 bridgehead atoms. The van der Waals surface area contributed by atoms with Crippen LogP contribution in [-0.4, -0.2) is 23.7 Å². The van der Waals surface area contributed by atoms with Gasteiger partial charge < -0.3 is 15.2 Å². The lowest BCUT2D eigenvalue weighted by Crippen LogP contribution is -2.36. The number of rotatable bonds is 21. The fourth-order valence-corrected chi connectivity index (χ4v) is 3.92. The number of hydrogen-bond acceptors (Lipinski definition) is 1. The fraction of sp³-hybridized carbons (Fsp3) is 0.808. The second-order valence-electron chi connectivity index (χ2n) is 8.76. The number of nitrogens with zero attached hydrogens (tertiary/aromatic N) is 1. The Morgan fingerprint density at radius 1 is 0.600 bits per heavy atom. The van der Waals surface area contributed by atoms with Crippen LogP contribution in [0.2, 0.25) is 0 Å². The van der Waals surface area contributed by atoms with Gasteiger partial charge in [-0.05, 0) is 25.0 Å². The summed E-state index contributed by atoms with van der Waals surface area (Å²) in [6.07, 6.45) is 27.1. The van der Waals surface area contributed by atoms with E-state index in [4.69, 9.17) is 0 Å². The Kier molecular flexibility index (Phi) is 18.4. The minimum Gasteiger partial charge on any atom is -0.354 e. The molecule has 4 nitrogen and oxygen atoms in total. The number of carbonyl (C=O) groups excluding carboxylic acids is 1. The van der Waals surface area contributed by atoms with Gasteiger partial charge in [0, 0.05) is 32.0 Å². The van der Waals surface area contributed by atoms with Crippen molar-refractivity contribution < 1.29 is 4.79 Å². The van der Waals surface area contributed by atoms with Crippen molar-refractivity contribution in [1.29, 1.82) is 0 Å². The van der Waals surface area contributed by atoms with E-state index in [1.165, 1.54) is 96.3 Å². The lowest BCUT2D eigenvalue weighted by molar-refractivity contribution is 0.240. The average Bonchev–Trinajstić information content (AvgIpc) is 3.27. The average molecular weight is 420 g/mol. The van der Waals surface area contributed by atoms with Gasteiger partial charge in [0.25, 0.3) is 0 Å². The SMILES string of the molecule is CCCCCCCCCCCCCCCCCCNC(=O)NCCCn1cccc1. The van der Waals surface area contributed by atoms with Crippen molar-refractivity contribution in [2.45, 2.75) is 123 Å². The molecule has 4 heteroatoms. The Labute approximate surface area is 186 Å². The predicted molar refractivity (Wildman–Crippen MR) is 130 cm³/mol. The van der Waals surface area contributed by atoms with Crippen molar-refractivity contribution in [3.63, 3.8) is 0 Å². The Hall–Kier alpha value is -1.45. The molecule has 1 aromatic rings. The number of amides is 2. The van der Waals surface area contributed by atoms with E-state index >= 15 is 0 Å². The van der Waals surface area contributed by atoms with Crippen molar-refractivity contribution in [1.82, 2.24) is 15.2 Å². The van der Waals surface area contributed by atoms with Crippen molar-refractivity contribution in [2.75, 3.05) is 13.1 Å². The van der Waals surface area contributed by atoms with E-state index in [9.17, 15) is 4.79 Å². The smallest absolute Gasteiger partial charge is 0.314 e. The highest BCUT2D eigenvalue weighted by Crippen LogP contribution is 2.13. The number of urea groups is 1. The number of nitrogens with one attached hydrogen (secondary N) is 2. The molecule has 0 aliphatic rings. The first kappa shape index (κ1) is 26.6. The van der Waals surface area contributed by atoms with Crippen LogP contribution in [0.3, 0.4) is 0 Å². The molecular weight excluding hydrogens is 370 g/mol. The zero-order chi connectivity index (χ0) is 21.5. The highest BCUT2D eigenvalue weighted by molar-refractivity contribution is 5.73. The molecule has 1 rings (SSSR count). The van der Waals surface area contributed by atoms with Gasteiger partial charge in [0.15, 0.2) is 0 Å². The van der Waals surface area contributed by atoms with Crippen LogP contribution in [0.5, 0.6) is 0 Å². The van der Waals surface area contributed by atoms with Gasteiger partial charge in [-0.1, -0.05) is 103 Å². The van der Waals surface area contributed by atoms with Crippen LogP contribution in [-0.2, 0) is 6.54 Å². The minimum atomic E-state index is -0.0246. The topological polar surface area (TPSA) is 46.1 Å². The van der Waals surface area contributed by atoms with Gasteiger partial charge in [-0.25, -0.2) is 4.79 Å². The van der Waals surface area contributed by atoms with Crippen molar-refractivity contribution in [3.05, 3.63) is 24.5 Å². The number of carbonyl (C=O) groups is 1. The van der Waals surface area contributed by atoms with Crippen LogP contribution in [0.1, 0.15) is 116 Å². The van der Waals surface area contributed by atoms with Crippen molar-refractivity contribution in [3.8, 4) is 0 Å². The van der Waals surface area contributed by atoms with Crippen LogP contribution in [0.4, 0.5) is 4.79 Å². The Morgan fingerprint density at radius 2 is 1.00 bits per heavy atom. The largest absolute Gasteiger partial charge is 0.354 e. The van der Waals surface area contributed by atoms with Crippen molar-refractivity contribution in [2.24, 2.45) is 0 Å². The second kappa shape index (κ2) is 20.8. The molecule has 0 aliphatic heterocycles. The molecule has 0 aliphatic carbocycles. The van der Waals surface area contributed by atoms with E-state index < -0.39 is 0 Å². The molecule has 1 aromatic heterocycles. The van der Waals surface area contributed by atoms with Crippen molar-refractivity contribution >= 4 is 6.03 Å². The van der Waals surface area contributed by atoms with E-state index in [-0.39, 0.29) is 6.03 Å². The summed E-state index contributed by atoms with van der Waals surface area (Å²) in [6.45, 7) is 4.75. The van der Waals surface area contributed by atoms with Crippen LogP contribution >= 0.6 is 0 Å². The normalized spacial score (nSPS) is 11.0. The standard InChI is InChI=1S/C26H49N3O/c1-2-3-4-5-6-7-8-9-10-11-12-13-14-15-16-17-21-27-26(30)28-22-20-25-29-23-18-19-24-29/h18-19,23-24H,2-17,20-22,25H2,1H3,(H2,27,28,30). The van der Waals surface area contributed by atoms with Gasteiger partial charge in [0.2, 0.25) is 0 Å². The highest BCUT2D eigenvalue weighted by Gasteiger charge is 1.99.